The van der Waals surface area contributed by atoms with Crippen molar-refractivity contribution in [3.63, 3.8) is 0 Å². The molecule has 2 aromatic rings. The van der Waals surface area contributed by atoms with Crippen LogP contribution in [0.2, 0.25) is 0 Å². The van der Waals surface area contributed by atoms with Crippen LogP contribution in [0.4, 0.5) is 10.1 Å². The van der Waals surface area contributed by atoms with Crippen LogP contribution in [-0.4, -0.2) is 37.2 Å². The average molecular weight is 428 g/mol. The van der Waals surface area contributed by atoms with Crippen LogP contribution in [0.3, 0.4) is 0 Å². The van der Waals surface area contributed by atoms with E-state index in [1.807, 2.05) is 0 Å². The van der Waals surface area contributed by atoms with Gasteiger partial charge in [0.15, 0.2) is 0 Å². The van der Waals surface area contributed by atoms with Crippen LogP contribution in [0.25, 0.3) is 5.76 Å². The summed E-state index contributed by atoms with van der Waals surface area (Å²) >= 11 is 0. The first kappa shape index (κ1) is 23.5. The number of aliphatic imine (C=N–C) groups is 1. The molecule has 0 atom stereocenters. The summed E-state index contributed by atoms with van der Waals surface area (Å²) in [7, 11) is 2.99. The Kier molecular flexibility index (Phi) is 8.19. The number of aliphatic hydroxyl groups excluding tert-OH is 1. The number of rotatable bonds is 8. The molecule has 31 heavy (non-hydrogen) atoms. The fourth-order valence-electron chi connectivity index (χ4n) is 2.54. The predicted octanol–water partition coefficient (Wildman–Crippen LogP) is 4.31. The van der Waals surface area contributed by atoms with E-state index in [0.29, 0.717) is 17.2 Å². The molecule has 8 heteroatoms. The van der Waals surface area contributed by atoms with E-state index in [1.54, 1.807) is 32.0 Å². The van der Waals surface area contributed by atoms with E-state index >= 15 is 0 Å². The molecule has 0 amide bonds. The van der Waals surface area contributed by atoms with Crippen molar-refractivity contribution in [3.8, 4) is 11.5 Å². The van der Waals surface area contributed by atoms with E-state index in [2.05, 4.69) is 4.99 Å². The van der Waals surface area contributed by atoms with Gasteiger partial charge in [-0.15, -0.1) is 0 Å². The highest BCUT2D eigenvalue weighted by Crippen LogP contribution is 2.32. The number of benzene rings is 2. The molecule has 2 rings (SSSR count). The summed E-state index contributed by atoms with van der Waals surface area (Å²) in [6.07, 6.45) is 2.10. The van der Waals surface area contributed by atoms with E-state index in [4.69, 9.17) is 19.9 Å². The van der Waals surface area contributed by atoms with E-state index in [0.717, 1.165) is 6.08 Å². The summed E-state index contributed by atoms with van der Waals surface area (Å²) in [6, 6.07) is 10.1. The molecule has 0 aromatic heterocycles. The maximum Gasteiger partial charge on any atom is 0.331 e. The quantitative estimate of drug-likeness (QED) is 0.162. The lowest BCUT2D eigenvalue weighted by atomic mass is 10.1. The third kappa shape index (κ3) is 6.60. The predicted molar refractivity (Wildman–Crippen MR) is 117 cm³/mol. The average Bonchev–Trinajstić information content (AvgIpc) is 2.74. The number of halogens is 1. The Morgan fingerprint density at radius 3 is 2.35 bits per heavy atom. The third-order valence-corrected chi connectivity index (χ3v) is 4.01. The molecule has 0 bridgehead atoms. The van der Waals surface area contributed by atoms with Crippen molar-refractivity contribution in [2.24, 2.45) is 10.7 Å². The topological polar surface area (TPSA) is 103 Å². The number of carbonyl (C=O) groups excluding carboxylic acids is 1. The van der Waals surface area contributed by atoms with Crippen molar-refractivity contribution in [1.29, 1.82) is 0 Å². The molecular weight excluding hydrogens is 403 g/mol. The molecule has 7 nitrogen and oxygen atoms in total. The summed E-state index contributed by atoms with van der Waals surface area (Å²) in [5.74, 6) is -0.504. The Morgan fingerprint density at radius 2 is 1.77 bits per heavy atom. The monoisotopic (exact) mass is 428 g/mol. The maximum atomic E-state index is 13.3. The summed E-state index contributed by atoms with van der Waals surface area (Å²) in [5.41, 5.74) is 6.88. The van der Waals surface area contributed by atoms with Crippen molar-refractivity contribution in [3.05, 3.63) is 71.6 Å². The van der Waals surface area contributed by atoms with Gasteiger partial charge in [-0.05, 0) is 56.3 Å². The van der Waals surface area contributed by atoms with Gasteiger partial charge in [0, 0.05) is 17.7 Å². The van der Waals surface area contributed by atoms with Crippen LogP contribution in [0.1, 0.15) is 19.4 Å². The number of esters is 1. The molecule has 0 aliphatic rings. The second kappa shape index (κ2) is 10.8. The number of hydrogen-bond donors (Lipinski definition) is 2. The van der Waals surface area contributed by atoms with Crippen molar-refractivity contribution in [1.82, 2.24) is 0 Å². The number of aliphatic hydroxyl groups is 1. The van der Waals surface area contributed by atoms with Gasteiger partial charge >= 0.3 is 5.97 Å². The molecule has 0 spiro atoms. The van der Waals surface area contributed by atoms with Crippen LogP contribution >= 0.6 is 0 Å². The zero-order valence-electron chi connectivity index (χ0n) is 17.8. The first-order chi connectivity index (χ1) is 14.7. The summed E-state index contributed by atoms with van der Waals surface area (Å²) in [4.78, 5) is 16.3. The van der Waals surface area contributed by atoms with Crippen molar-refractivity contribution in [2.75, 3.05) is 14.2 Å². The van der Waals surface area contributed by atoms with Gasteiger partial charge in [0.2, 0.25) is 0 Å². The van der Waals surface area contributed by atoms with Crippen molar-refractivity contribution < 1.29 is 28.5 Å². The number of hydrogen-bond acceptors (Lipinski definition) is 6. The lowest BCUT2D eigenvalue weighted by molar-refractivity contribution is -0.141. The zero-order chi connectivity index (χ0) is 23.0. The fraction of sp³-hybridized carbons (Fsp3) is 0.217. The number of amidine groups is 1. The first-order valence-corrected chi connectivity index (χ1v) is 9.39. The van der Waals surface area contributed by atoms with E-state index in [9.17, 15) is 14.3 Å². The molecule has 0 radical (unpaired) electrons. The number of nitrogens with zero attached hydrogens (tertiary/aromatic N) is 1. The van der Waals surface area contributed by atoms with Crippen LogP contribution in [0.5, 0.6) is 11.5 Å². The van der Waals surface area contributed by atoms with Crippen LogP contribution in [0, 0.1) is 5.82 Å². The fourth-order valence-corrected chi connectivity index (χ4v) is 2.54. The molecule has 0 heterocycles. The Balaban J connectivity index is 2.54. The molecule has 0 saturated carbocycles. The maximum absolute atomic E-state index is 13.3. The molecule has 0 aliphatic carbocycles. The van der Waals surface area contributed by atoms with E-state index < -0.39 is 11.8 Å². The number of carbonyl (C=O) groups is 1. The van der Waals surface area contributed by atoms with Crippen molar-refractivity contribution in [2.45, 2.75) is 20.0 Å². The minimum absolute atomic E-state index is 0.0465. The standard InChI is InChI=1S/C23H25FN2O5/c1-14(2)31-21(27)12-10-18(22(28)15-5-7-16(24)8-6-15)23(25)26-19-11-9-17(29-3)13-20(19)30-4/h5-14,28H,1-4H3,(H2,25,26)/b12-10+,22-18-. The van der Waals surface area contributed by atoms with Gasteiger partial charge in [-0.25, -0.2) is 14.2 Å². The number of ether oxygens (including phenoxy) is 3. The SMILES string of the molecule is COc1ccc(N=C(N)C(/C=C/C(=O)OC(C)C)=C(\O)c2ccc(F)cc2)c(OC)c1. The highest BCUT2D eigenvalue weighted by Gasteiger charge is 2.13. The first-order valence-electron chi connectivity index (χ1n) is 9.39. The van der Waals surface area contributed by atoms with E-state index in [1.165, 1.54) is 44.6 Å². The van der Waals surface area contributed by atoms with Crippen LogP contribution in [-0.2, 0) is 9.53 Å². The molecule has 0 fully saturated rings. The minimum Gasteiger partial charge on any atom is -0.507 e. The molecule has 3 N–H and O–H groups in total. The molecular formula is C23H25FN2O5. The van der Waals surface area contributed by atoms with Crippen LogP contribution in [0.15, 0.2) is 65.2 Å². The smallest absolute Gasteiger partial charge is 0.331 e. The molecule has 0 saturated heterocycles. The summed E-state index contributed by atoms with van der Waals surface area (Å²) < 4.78 is 28.8. The van der Waals surface area contributed by atoms with Gasteiger partial charge in [-0.3, -0.25) is 0 Å². The highest BCUT2D eigenvalue weighted by molar-refractivity contribution is 6.07. The Morgan fingerprint density at radius 1 is 1.10 bits per heavy atom. The summed E-state index contributed by atoms with van der Waals surface area (Å²) in [5, 5.41) is 10.8. The van der Waals surface area contributed by atoms with Gasteiger partial charge in [0.05, 0.1) is 25.9 Å². The minimum atomic E-state index is -0.616. The lowest BCUT2D eigenvalue weighted by Gasteiger charge is -2.11. The third-order valence-electron chi connectivity index (χ3n) is 4.01. The van der Waals surface area contributed by atoms with Crippen LogP contribution < -0.4 is 15.2 Å². The highest BCUT2D eigenvalue weighted by atomic mass is 19.1. The molecule has 0 unspecified atom stereocenters. The zero-order valence-corrected chi connectivity index (χ0v) is 17.8. The number of methoxy groups -OCH3 is 2. The molecule has 2 aromatic carbocycles. The van der Waals surface area contributed by atoms with Gasteiger partial charge in [-0.2, -0.15) is 0 Å². The van der Waals surface area contributed by atoms with Crippen molar-refractivity contribution >= 4 is 23.3 Å². The second-order valence-electron chi connectivity index (χ2n) is 6.62. The van der Waals surface area contributed by atoms with Gasteiger partial charge in [-0.1, -0.05) is 0 Å². The number of nitrogens with two attached hydrogens (primary N) is 1. The Labute approximate surface area is 180 Å². The lowest BCUT2D eigenvalue weighted by Crippen LogP contribution is -2.16. The Bertz CT molecular complexity index is 1010. The largest absolute Gasteiger partial charge is 0.507 e. The van der Waals surface area contributed by atoms with Gasteiger partial charge < -0.3 is 25.1 Å². The second-order valence-corrected chi connectivity index (χ2v) is 6.62. The summed E-state index contributed by atoms with van der Waals surface area (Å²) in [6.45, 7) is 3.43. The molecule has 164 valence electrons. The Hall–Kier alpha value is -3.81. The van der Waals surface area contributed by atoms with Gasteiger partial charge in [0.1, 0.15) is 34.6 Å². The normalized spacial score (nSPS) is 12.6. The van der Waals surface area contributed by atoms with Gasteiger partial charge in [0.25, 0.3) is 0 Å². The molecule has 0 aliphatic heterocycles. The van der Waals surface area contributed by atoms with E-state index in [-0.39, 0.29) is 28.8 Å².